The van der Waals surface area contributed by atoms with Crippen molar-refractivity contribution in [3.05, 3.63) is 29.8 Å². The van der Waals surface area contributed by atoms with E-state index in [4.69, 9.17) is 4.74 Å². The zero-order chi connectivity index (χ0) is 14.5. The fraction of sp³-hybridized carbons (Fsp3) is 0.429. The van der Waals surface area contributed by atoms with Crippen molar-refractivity contribution >= 4 is 17.6 Å². The van der Waals surface area contributed by atoms with Gasteiger partial charge in [-0.15, -0.1) is 0 Å². The van der Waals surface area contributed by atoms with Crippen LogP contribution >= 0.6 is 0 Å². The van der Waals surface area contributed by atoms with Gasteiger partial charge in [-0.3, -0.25) is 9.69 Å². The molecule has 1 aliphatic rings. The third kappa shape index (κ3) is 3.27. The molecule has 0 bridgehead atoms. The van der Waals surface area contributed by atoms with Gasteiger partial charge in [0.15, 0.2) is 0 Å². The molecule has 1 atom stereocenters. The van der Waals surface area contributed by atoms with E-state index in [0.29, 0.717) is 25.3 Å². The first kappa shape index (κ1) is 14.3. The minimum atomic E-state index is -0.170. The minimum absolute atomic E-state index is 0.0637. The molecule has 1 heterocycles. The molecule has 1 aliphatic heterocycles. The standard InChI is InChI=1S/C14H19N3O3/c1-10(9-20-2)16-13(18)11-4-3-5-12(8-11)17-7-6-15-14(17)19/h3-5,8,10H,6-7,9H2,1-2H3,(H,15,19)(H,16,18)/t10-/m1/s1. The van der Waals surface area contributed by atoms with E-state index >= 15 is 0 Å². The van der Waals surface area contributed by atoms with E-state index in [1.54, 1.807) is 30.2 Å². The van der Waals surface area contributed by atoms with Crippen LogP contribution in [-0.2, 0) is 4.74 Å². The largest absolute Gasteiger partial charge is 0.383 e. The lowest BCUT2D eigenvalue weighted by molar-refractivity contribution is 0.0905. The highest BCUT2D eigenvalue weighted by Crippen LogP contribution is 2.18. The Hall–Kier alpha value is -2.08. The second-order valence-electron chi connectivity index (χ2n) is 4.76. The lowest BCUT2D eigenvalue weighted by atomic mass is 10.1. The summed E-state index contributed by atoms with van der Waals surface area (Å²) in [5, 5.41) is 5.58. The van der Waals surface area contributed by atoms with E-state index in [0.717, 1.165) is 5.69 Å². The molecule has 1 saturated heterocycles. The Kier molecular flexibility index (Phi) is 4.57. The number of hydrogen-bond acceptors (Lipinski definition) is 3. The molecule has 2 N–H and O–H groups in total. The van der Waals surface area contributed by atoms with Crippen LogP contribution in [0.4, 0.5) is 10.5 Å². The van der Waals surface area contributed by atoms with E-state index in [1.165, 1.54) is 0 Å². The number of rotatable bonds is 5. The zero-order valence-corrected chi connectivity index (χ0v) is 11.7. The summed E-state index contributed by atoms with van der Waals surface area (Å²) < 4.78 is 4.98. The summed E-state index contributed by atoms with van der Waals surface area (Å²) in [4.78, 5) is 25.3. The van der Waals surface area contributed by atoms with Crippen molar-refractivity contribution in [2.24, 2.45) is 0 Å². The number of ether oxygens (including phenoxy) is 1. The van der Waals surface area contributed by atoms with Gasteiger partial charge in [0.2, 0.25) is 0 Å². The molecule has 1 aromatic carbocycles. The maximum Gasteiger partial charge on any atom is 0.321 e. The van der Waals surface area contributed by atoms with Gasteiger partial charge in [0.25, 0.3) is 5.91 Å². The van der Waals surface area contributed by atoms with Crippen LogP contribution in [0.2, 0.25) is 0 Å². The van der Waals surface area contributed by atoms with Gasteiger partial charge in [0, 0.05) is 37.5 Å². The summed E-state index contributed by atoms with van der Waals surface area (Å²) in [5.74, 6) is -0.170. The summed E-state index contributed by atoms with van der Waals surface area (Å²) in [5.41, 5.74) is 1.26. The lowest BCUT2D eigenvalue weighted by Gasteiger charge is -2.16. The number of urea groups is 1. The van der Waals surface area contributed by atoms with Crippen LogP contribution in [-0.4, -0.2) is 44.8 Å². The Bertz CT molecular complexity index is 504. The number of amides is 3. The van der Waals surface area contributed by atoms with Gasteiger partial charge in [-0.05, 0) is 25.1 Å². The first-order chi connectivity index (χ1) is 9.61. The fourth-order valence-corrected chi connectivity index (χ4v) is 2.13. The number of nitrogens with one attached hydrogen (secondary N) is 2. The monoisotopic (exact) mass is 277 g/mol. The van der Waals surface area contributed by atoms with Crippen LogP contribution in [0.5, 0.6) is 0 Å². The van der Waals surface area contributed by atoms with Gasteiger partial charge in [-0.2, -0.15) is 0 Å². The Morgan fingerprint density at radius 2 is 2.35 bits per heavy atom. The number of carbonyl (C=O) groups is 2. The first-order valence-corrected chi connectivity index (χ1v) is 6.57. The highest BCUT2D eigenvalue weighted by Gasteiger charge is 2.21. The van der Waals surface area contributed by atoms with Gasteiger partial charge in [-0.1, -0.05) is 6.07 Å². The van der Waals surface area contributed by atoms with E-state index < -0.39 is 0 Å². The molecule has 6 nitrogen and oxygen atoms in total. The van der Waals surface area contributed by atoms with Gasteiger partial charge in [-0.25, -0.2) is 4.79 Å². The summed E-state index contributed by atoms with van der Waals surface area (Å²) in [6.07, 6.45) is 0. The molecule has 1 fully saturated rings. The Labute approximate surface area is 118 Å². The van der Waals surface area contributed by atoms with E-state index in [1.807, 2.05) is 13.0 Å². The second-order valence-corrected chi connectivity index (χ2v) is 4.76. The summed E-state index contributed by atoms with van der Waals surface area (Å²) in [6, 6.07) is 6.85. The third-order valence-electron chi connectivity index (χ3n) is 3.07. The van der Waals surface area contributed by atoms with Crippen LogP contribution in [0.1, 0.15) is 17.3 Å². The average molecular weight is 277 g/mol. The van der Waals surface area contributed by atoms with Crippen molar-refractivity contribution in [2.75, 3.05) is 31.7 Å². The van der Waals surface area contributed by atoms with Gasteiger partial charge >= 0.3 is 6.03 Å². The van der Waals surface area contributed by atoms with E-state index in [9.17, 15) is 9.59 Å². The molecule has 0 radical (unpaired) electrons. The predicted octanol–water partition coefficient (Wildman–Crippen LogP) is 0.981. The maximum atomic E-state index is 12.1. The topological polar surface area (TPSA) is 70.7 Å². The summed E-state index contributed by atoms with van der Waals surface area (Å²) in [6.45, 7) is 3.57. The fourth-order valence-electron chi connectivity index (χ4n) is 2.13. The molecule has 0 aromatic heterocycles. The molecule has 0 saturated carbocycles. The predicted molar refractivity (Wildman–Crippen MR) is 76.0 cm³/mol. The van der Waals surface area contributed by atoms with Crippen LogP contribution in [0.25, 0.3) is 0 Å². The molecule has 0 aliphatic carbocycles. The van der Waals surface area contributed by atoms with Crippen LogP contribution in [0.3, 0.4) is 0 Å². The van der Waals surface area contributed by atoms with Crippen molar-refractivity contribution in [2.45, 2.75) is 13.0 Å². The summed E-state index contributed by atoms with van der Waals surface area (Å²) in [7, 11) is 1.59. The molecular weight excluding hydrogens is 258 g/mol. The average Bonchev–Trinajstić information content (AvgIpc) is 2.85. The Morgan fingerprint density at radius 3 is 3.00 bits per heavy atom. The highest BCUT2D eigenvalue weighted by atomic mass is 16.5. The molecule has 0 spiro atoms. The van der Waals surface area contributed by atoms with E-state index in [2.05, 4.69) is 10.6 Å². The highest BCUT2D eigenvalue weighted by molar-refractivity contribution is 5.98. The normalized spacial score (nSPS) is 15.9. The number of nitrogens with zero attached hydrogens (tertiary/aromatic N) is 1. The van der Waals surface area contributed by atoms with Crippen molar-refractivity contribution < 1.29 is 14.3 Å². The number of anilines is 1. The number of benzene rings is 1. The van der Waals surface area contributed by atoms with E-state index in [-0.39, 0.29) is 18.0 Å². The number of hydrogen-bond donors (Lipinski definition) is 2. The lowest BCUT2D eigenvalue weighted by Crippen LogP contribution is -2.35. The SMILES string of the molecule is COC[C@@H](C)NC(=O)c1cccc(N2CCNC2=O)c1. The first-order valence-electron chi connectivity index (χ1n) is 6.57. The second kappa shape index (κ2) is 6.38. The van der Waals surface area contributed by atoms with Crippen molar-refractivity contribution in [1.82, 2.24) is 10.6 Å². The van der Waals surface area contributed by atoms with Gasteiger partial charge in [0.1, 0.15) is 0 Å². The molecule has 20 heavy (non-hydrogen) atoms. The van der Waals surface area contributed by atoms with Crippen LogP contribution < -0.4 is 15.5 Å². The van der Waals surface area contributed by atoms with Crippen LogP contribution in [0.15, 0.2) is 24.3 Å². The molecule has 3 amide bonds. The number of methoxy groups -OCH3 is 1. The Morgan fingerprint density at radius 1 is 1.55 bits per heavy atom. The zero-order valence-electron chi connectivity index (χ0n) is 11.7. The molecule has 108 valence electrons. The molecular formula is C14H19N3O3. The molecule has 2 rings (SSSR count). The number of carbonyl (C=O) groups excluding carboxylic acids is 2. The smallest absolute Gasteiger partial charge is 0.321 e. The Balaban J connectivity index is 2.09. The van der Waals surface area contributed by atoms with Crippen molar-refractivity contribution in [3.8, 4) is 0 Å². The third-order valence-corrected chi connectivity index (χ3v) is 3.07. The van der Waals surface area contributed by atoms with Crippen molar-refractivity contribution in [3.63, 3.8) is 0 Å². The quantitative estimate of drug-likeness (QED) is 0.843. The molecule has 1 aromatic rings. The maximum absolute atomic E-state index is 12.1. The summed E-state index contributed by atoms with van der Waals surface area (Å²) >= 11 is 0. The molecule has 0 unspecified atom stereocenters. The van der Waals surface area contributed by atoms with Crippen molar-refractivity contribution in [1.29, 1.82) is 0 Å². The van der Waals surface area contributed by atoms with Gasteiger partial charge < -0.3 is 15.4 Å². The van der Waals surface area contributed by atoms with Gasteiger partial charge in [0.05, 0.1) is 6.61 Å². The minimum Gasteiger partial charge on any atom is -0.383 e. The molecule has 6 heteroatoms. The van der Waals surface area contributed by atoms with Crippen LogP contribution in [0, 0.1) is 0 Å².